The van der Waals surface area contributed by atoms with E-state index < -0.39 is 11.9 Å². The molecule has 0 spiro atoms. The molecule has 0 N–H and O–H groups in total. The van der Waals surface area contributed by atoms with Crippen LogP contribution in [0.25, 0.3) is 5.57 Å². The highest BCUT2D eigenvalue weighted by Gasteiger charge is 2.25. The molecule has 0 heterocycles. The lowest BCUT2D eigenvalue weighted by molar-refractivity contribution is -0.146. The molecule has 5 heteroatoms. The minimum absolute atomic E-state index is 0.161. The Hall–Kier alpha value is -2.56. The minimum Gasteiger partial charge on any atom is -0.497 e. The molecular formula is C17H20O5. The maximum atomic E-state index is 12.1. The Morgan fingerprint density at radius 1 is 1.05 bits per heavy atom. The summed E-state index contributed by atoms with van der Waals surface area (Å²) in [6.45, 7) is 7.34. The number of rotatable bonds is 7. The monoisotopic (exact) mass is 304 g/mol. The van der Waals surface area contributed by atoms with E-state index in [1.54, 1.807) is 45.2 Å². The molecule has 0 aliphatic heterocycles. The smallest absolute Gasteiger partial charge is 0.346 e. The second kappa shape index (κ2) is 8.67. The number of benzene rings is 1. The van der Waals surface area contributed by atoms with Gasteiger partial charge < -0.3 is 14.2 Å². The number of carbonyl (C=O) groups excluding carboxylic acids is 2. The van der Waals surface area contributed by atoms with Gasteiger partial charge in [0.1, 0.15) is 5.75 Å². The lowest BCUT2D eigenvalue weighted by atomic mass is 9.99. The van der Waals surface area contributed by atoms with Crippen molar-refractivity contribution in [2.75, 3.05) is 20.3 Å². The number of hydrogen-bond donors (Lipinski definition) is 0. The first-order chi connectivity index (χ1) is 10.6. The fourth-order valence-electron chi connectivity index (χ4n) is 1.84. The Balaban J connectivity index is 3.38. The Bertz CT molecular complexity index is 549. The summed E-state index contributed by atoms with van der Waals surface area (Å²) < 4.78 is 15.0. The second-order valence-corrected chi connectivity index (χ2v) is 4.16. The lowest BCUT2D eigenvalue weighted by Gasteiger charge is -2.11. The fraction of sp³-hybridized carbons (Fsp3) is 0.294. The van der Waals surface area contributed by atoms with Crippen molar-refractivity contribution in [1.82, 2.24) is 0 Å². The van der Waals surface area contributed by atoms with E-state index >= 15 is 0 Å². The van der Waals surface area contributed by atoms with Crippen molar-refractivity contribution in [2.45, 2.75) is 13.8 Å². The van der Waals surface area contributed by atoms with Gasteiger partial charge in [0, 0.05) is 5.57 Å². The zero-order chi connectivity index (χ0) is 16.5. The number of methoxy groups -OCH3 is 1. The van der Waals surface area contributed by atoms with Gasteiger partial charge in [-0.25, -0.2) is 9.59 Å². The van der Waals surface area contributed by atoms with Crippen LogP contribution in [0.4, 0.5) is 0 Å². The topological polar surface area (TPSA) is 61.8 Å². The summed E-state index contributed by atoms with van der Waals surface area (Å²) in [5.74, 6) is -0.792. The molecule has 0 unspecified atom stereocenters. The Morgan fingerprint density at radius 3 is 1.91 bits per heavy atom. The normalized spacial score (nSPS) is 9.59. The molecule has 5 nitrogen and oxygen atoms in total. The van der Waals surface area contributed by atoms with Crippen LogP contribution in [0.15, 0.2) is 42.5 Å². The first-order valence-corrected chi connectivity index (χ1v) is 6.94. The maximum absolute atomic E-state index is 12.1. The van der Waals surface area contributed by atoms with Crippen molar-refractivity contribution in [3.8, 4) is 5.75 Å². The van der Waals surface area contributed by atoms with Gasteiger partial charge in [0.25, 0.3) is 0 Å². The molecule has 118 valence electrons. The molecular weight excluding hydrogens is 284 g/mol. The number of allylic oxidation sites excluding steroid dienone is 2. The summed E-state index contributed by atoms with van der Waals surface area (Å²) in [7, 11) is 1.56. The summed E-state index contributed by atoms with van der Waals surface area (Å²) in [6.07, 6.45) is 1.44. The summed E-state index contributed by atoms with van der Waals surface area (Å²) in [5, 5.41) is 0. The highest BCUT2D eigenvalue weighted by Crippen LogP contribution is 2.24. The van der Waals surface area contributed by atoms with Crippen LogP contribution in [0.5, 0.6) is 5.75 Å². The van der Waals surface area contributed by atoms with Crippen molar-refractivity contribution in [3.05, 3.63) is 48.1 Å². The van der Waals surface area contributed by atoms with Gasteiger partial charge >= 0.3 is 11.9 Å². The van der Waals surface area contributed by atoms with Crippen LogP contribution in [-0.2, 0) is 19.1 Å². The van der Waals surface area contributed by atoms with Crippen LogP contribution >= 0.6 is 0 Å². The van der Waals surface area contributed by atoms with Gasteiger partial charge in [-0.3, -0.25) is 0 Å². The van der Waals surface area contributed by atoms with Crippen LogP contribution in [0.3, 0.4) is 0 Å². The molecule has 0 aromatic heterocycles. The molecule has 0 aliphatic rings. The Labute approximate surface area is 130 Å². The highest BCUT2D eigenvalue weighted by molar-refractivity contribution is 6.21. The Morgan fingerprint density at radius 2 is 1.55 bits per heavy atom. The van der Waals surface area contributed by atoms with Gasteiger partial charge in [-0.15, -0.1) is 0 Å². The molecule has 0 saturated heterocycles. The summed E-state index contributed by atoms with van der Waals surface area (Å²) in [6, 6.07) is 6.92. The van der Waals surface area contributed by atoms with E-state index in [2.05, 4.69) is 6.58 Å². The molecule has 0 radical (unpaired) electrons. The average molecular weight is 304 g/mol. The van der Waals surface area contributed by atoms with E-state index in [1.807, 2.05) is 0 Å². The highest BCUT2D eigenvalue weighted by atomic mass is 16.6. The van der Waals surface area contributed by atoms with E-state index in [-0.39, 0.29) is 18.8 Å². The van der Waals surface area contributed by atoms with Crippen LogP contribution in [0, 0.1) is 0 Å². The van der Waals surface area contributed by atoms with Crippen molar-refractivity contribution < 1.29 is 23.8 Å². The van der Waals surface area contributed by atoms with E-state index in [9.17, 15) is 9.59 Å². The number of carbonyl (C=O) groups is 2. The average Bonchev–Trinajstić information content (AvgIpc) is 2.53. The van der Waals surface area contributed by atoms with E-state index in [1.165, 1.54) is 6.08 Å². The predicted molar refractivity (Wildman–Crippen MR) is 83.4 cm³/mol. The largest absolute Gasteiger partial charge is 0.497 e. The molecule has 0 amide bonds. The summed E-state index contributed by atoms with van der Waals surface area (Å²) in [4.78, 5) is 24.2. The molecule has 0 saturated carbocycles. The third-order valence-corrected chi connectivity index (χ3v) is 2.83. The first-order valence-electron chi connectivity index (χ1n) is 6.94. The summed E-state index contributed by atoms with van der Waals surface area (Å²) >= 11 is 0. The van der Waals surface area contributed by atoms with Crippen molar-refractivity contribution in [2.24, 2.45) is 0 Å². The van der Waals surface area contributed by atoms with E-state index in [0.717, 1.165) is 0 Å². The molecule has 0 aliphatic carbocycles. The lowest BCUT2D eigenvalue weighted by Crippen LogP contribution is -2.20. The van der Waals surface area contributed by atoms with Gasteiger partial charge in [0.15, 0.2) is 5.57 Å². The Kier molecular flexibility index (Phi) is 6.89. The summed E-state index contributed by atoms with van der Waals surface area (Å²) in [5.41, 5.74) is 0.843. The second-order valence-electron chi connectivity index (χ2n) is 4.16. The SMILES string of the molecule is C=CC(=C(C(=O)OCC)C(=O)OCC)c1ccc(OC)cc1. The quantitative estimate of drug-likeness (QED) is 0.255. The number of hydrogen-bond acceptors (Lipinski definition) is 5. The standard InChI is InChI=1S/C17H20O5/c1-5-14(12-8-10-13(20-4)11-9-12)15(16(18)21-6-2)17(19)22-7-3/h5,8-11H,1,6-7H2,2-4H3. The molecule has 22 heavy (non-hydrogen) atoms. The number of esters is 2. The third-order valence-electron chi connectivity index (χ3n) is 2.83. The molecule has 1 rings (SSSR count). The molecule has 0 bridgehead atoms. The minimum atomic E-state index is -0.730. The van der Waals surface area contributed by atoms with E-state index in [4.69, 9.17) is 14.2 Å². The van der Waals surface area contributed by atoms with Gasteiger partial charge in [0.2, 0.25) is 0 Å². The molecule has 0 atom stereocenters. The predicted octanol–water partition coefficient (Wildman–Crippen LogP) is 2.76. The zero-order valence-electron chi connectivity index (χ0n) is 13.0. The molecule has 0 fully saturated rings. The molecule has 1 aromatic rings. The third kappa shape index (κ3) is 4.22. The van der Waals surface area contributed by atoms with E-state index in [0.29, 0.717) is 16.9 Å². The van der Waals surface area contributed by atoms with Gasteiger partial charge in [-0.2, -0.15) is 0 Å². The molecule has 1 aromatic carbocycles. The van der Waals surface area contributed by atoms with Crippen LogP contribution in [0.1, 0.15) is 19.4 Å². The van der Waals surface area contributed by atoms with Crippen LogP contribution in [0.2, 0.25) is 0 Å². The van der Waals surface area contributed by atoms with Gasteiger partial charge in [-0.1, -0.05) is 24.8 Å². The van der Waals surface area contributed by atoms with Crippen molar-refractivity contribution in [1.29, 1.82) is 0 Å². The first kappa shape index (κ1) is 17.5. The maximum Gasteiger partial charge on any atom is 0.346 e. The van der Waals surface area contributed by atoms with Crippen LogP contribution < -0.4 is 4.74 Å². The van der Waals surface area contributed by atoms with Crippen molar-refractivity contribution in [3.63, 3.8) is 0 Å². The van der Waals surface area contributed by atoms with Crippen molar-refractivity contribution >= 4 is 17.5 Å². The van der Waals surface area contributed by atoms with Gasteiger partial charge in [-0.05, 0) is 31.5 Å². The zero-order valence-corrected chi connectivity index (χ0v) is 13.0. The fourth-order valence-corrected chi connectivity index (χ4v) is 1.84. The van der Waals surface area contributed by atoms with Crippen LogP contribution in [-0.4, -0.2) is 32.3 Å². The van der Waals surface area contributed by atoms with Gasteiger partial charge in [0.05, 0.1) is 20.3 Å². The number of ether oxygens (including phenoxy) is 3.